The minimum Gasteiger partial charge on any atom is -0.497 e. The number of H-pyrrole nitrogens is 1. The van der Waals surface area contributed by atoms with Gasteiger partial charge in [-0.05, 0) is 49.2 Å². The van der Waals surface area contributed by atoms with E-state index >= 15 is 0 Å². The van der Waals surface area contributed by atoms with Gasteiger partial charge in [0.15, 0.2) is 17.3 Å². The minimum atomic E-state index is -0.303. The van der Waals surface area contributed by atoms with Gasteiger partial charge in [-0.1, -0.05) is 0 Å². The molecule has 0 unspecified atom stereocenters. The van der Waals surface area contributed by atoms with E-state index in [1.807, 2.05) is 30.3 Å². The summed E-state index contributed by atoms with van der Waals surface area (Å²) in [5.74, 6) is 2.39. The predicted octanol–water partition coefficient (Wildman–Crippen LogP) is 1.80. The van der Waals surface area contributed by atoms with E-state index in [0.29, 0.717) is 11.6 Å². The van der Waals surface area contributed by atoms with Crippen LogP contribution in [0.2, 0.25) is 0 Å². The van der Waals surface area contributed by atoms with E-state index in [1.165, 1.54) is 12.8 Å². The molecule has 144 valence electrons. The number of carbonyl (C=O) groups is 1. The van der Waals surface area contributed by atoms with Gasteiger partial charge in [0.05, 0.1) is 13.7 Å². The van der Waals surface area contributed by atoms with Crippen molar-refractivity contribution in [2.45, 2.75) is 19.4 Å². The predicted molar refractivity (Wildman–Crippen MR) is 103 cm³/mol. The first-order valence-electron chi connectivity index (χ1n) is 9.15. The van der Waals surface area contributed by atoms with Crippen molar-refractivity contribution in [1.82, 2.24) is 30.7 Å². The number of nitrogens with one attached hydrogen (secondary N) is 2. The summed E-state index contributed by atoms with van der Waals surface area (Å²) in [5.41, 5.74) is 1.14. The number of hydrogen-bond donors (Lipinski definition) is 2. The molecule has 28 heavy (non-hydrogen) atoms. The third kappa shape index (κ3) is 3.93. The highest BCUT2D eigenvalue weighted by Crippen LogP contribution is 2.19. The Balaban J connectivity index is 1.35. The molecule has 1 saturated heterocycles. The first-order valence-corrected chi connectivity index (χ1v) is 9.15. The topological polar surface area (TPSA) is 109 Å². The summed E-state index contributed by atoms with van der Waals surface area (Å²) >= 11 is 0. The molecule has 0 saturated carbocycles. The Labute approximate surface area is 162 Å². The van der Waals surface area contributed by atoms with Crippen LogP contribution in [0.3, 0.4) is 0 Å². The molecule has 1 amide bonds. The number of anilines is 1. The summed E-state index contributed by atoms with van der Waals surface area (Å²) < 4.78 is 5.14. The van der Waals surface area contributed by atoms with Crippen molar-refractivity contribution in [3.05, 3.63) is 47.9 Å². The fourth-order valence-corrected chi connectivity index (χ4v) is 3.06. The standard InChI is InChI=1S/C19H21N7O2/c1-28-14-6-4-13(5-7-14)18-21-16(23-25-18)12-20-19(27)15-8-9-17(24-22-15)26-10-2-3-11-26/h4-9H,2-3,10-12H2,1H3,(H,20,27)(H,21,23,25). The number of aromatic nitrogens is 5. The molecule has 2 aromatic heterocycles. The van der Waals surface area contributed by atoms with Crippen LogP contribution in [0.5, 0.6) is 5.75 Å². The zero-order valence-corrected chi connectivity index (χ0v) is 15.6. The molecule has 0 radical (unpaired) electrons. The number of aromatic amines is 1. The third-order valence-electron chi connectivity index (χ3n) is 4.61. The van der Waals surface area contributed by atoms with Gasteiger partial charge in [-0.25, -0.2) is 4.98 Å². The van der Waals surface area contributed by atoms with Crippen molar-refractivity contribution >= 4 is 11.7 Å². The lowest BCUT2D eigenvalue weighted by Gasteiger charge is -2.15. The number of nitrogens with zero attached hydrogens (tertiary/aromatic N) is 5. The molecular weight excluding hydrogens is 358 g/mol. The van der Waals surface area contributed by atoms with Gasteiger partial charge >= 0.3 is 0 Å². The Hall–Kier alpha value is -3.49. The van der Waals surface area contributed by atoms with E-state index < -0.39 is 0 Å². The molecular formula is C19H21N7O2. The highest BCUT2D eigenvalue weighted by Gasteiger charge is 2.15. The number of carbonyl (C=O) groups excluding carboxylic acids is 1. The lowest BCUT2D eigenvalue weighted by molar-refractivity contribution is 0.0944. The molecule has 1 aliphatic heterocycles. The highest BCUT2D eigenvalue weighted by atomic mass is 16.5. The van der Waals surface area contributed by atoms with Crippen LogP contribution in [0.15, 0.2) is 36.4 Å². The molecule has 0 spiro atoms. The summed E-state index contributed by atoms with van der Waals surface area (Å²) in [6, 6.07) is 11.0. The van der Waals surface area contributed by atoms with Crippen LogP contribution in [0.1, 0.15) is 29.2 Å². The van der Waals surface area contributed by atoms with Gasteiger partial charge < -0.3 is 15.0 Å². The Kier molecular flexibility index (Phi) is 5.14. The molecule has 0 bridgehead atoms. The summed E-state index contributed by atoms with van der Waals surface area (Å²) in [5, 5.41) is 18.0. The van der Waals surface area contributed by atoms with Gasteiger partial charge in [0.1, 0.15) is 11.6 Å². The molecule has 3 aromatic rings. The smallest absolute Gasteiger partial charge is 0.272 e. The van der Waals surface area contributed by atoms with Crippen molar-refractivity contribution in [2.75, 3.05) is 25.1 Å². The molecule has 9 heteroatoms. The summed E-state index contributed by atoms with van der Waals surface area (Å²) in [6.45, 7) is 2.20. The first kappa shape index (κ1) is 17.9. The maximum Gasteiger partial charge on any atom is 0.272 e. The molecule has 0 atom stereocenters. The molecule has 2 N–H and O–H groups in total. The second-order valence-corrected chi connectivity index (χ2v) is 6.49. The average molecular weight is 379 g/mol. The van der Waals surface area contributed by atoms with Crippen LogP contribution in [0.4, 0.5) is 5.82 Å². The van der Waals surface area contributed by atoms with E-state index in [0.717, 1.165) is 30.2 Å². The normalized spacial score (nSPS) is 13.5. The van der Waals surface area contributed by atoms with Crippen LogP contribution in [-0.2, 0) is 6.54 Å². The minimum absolute atomic E-state index is 0.220. The molecule has 1 fully saturated rings. The van der Waals surface area contributed by atoms with Gasteiger partial charge in [0.2, 0.25) is 0 Å². The molecule has 3 heterocycles. The quantitative estimate of drug-likeness (QED) is 0.672. The Morgan fingerprint density at radius 3 is 2.61 bits per heavy atom. The van der Waals surface area contributed by atoms with E-state index in [1.54, 1.807) is 13.2 Å². The van der Waals surface area contributed by atoms with Crippen LogP contribution in [-0.4, -0.2) is 51.5 Å². The fraction of sp³-hybridized carbons (Fsp3) is 0.316. The second kappa shape index (κ2) is 8.03. The maximum atomic E-state index is 12.3. The van der Waals surface area contributed by atoms with Gasteiger partial charge in [-0.15, -0.1) is 10.2 Å². The second-order valence-electron chi connectivity index (χ2n) is 6.49. The van der Waals surface area contributed by atoms with Gasteiger partial charge in [0.25, 0.3) is 5.91 Å². The van der Waals surface area contributed by atoms with Gasteiger partial charge in [0, 0.05) is 18.7 Å². The molecule has 1 aliphatic rings. The number of methoxy groups -OCH3 is 1. The van der Waals surface area contributed by atoms with Crippen molar-refractivity contribution in [1.29, 1.82) is 0 Å². The number of benzene rings is 1. The van der Waals surface area contributed by atoms with E-state index in [-0.39, 0.29) is 18.1 Å². The van der Waals surface area contributed by atoms with Crippen LogP contribution < -0.4 is 15.0 Å². The Morgan fingerprint density at radius 2 is 1.93 bits per heavy atom. The monoisotopic (exact) mass is 379 g/mol. The molecule has 9 nitrogen and oxygen atoms in total. The third-order valence-corrected chi connectivity index (χ3v) is 4.61. The number of amides is 1. The largest absolute Gasteiger partial charge is 0.497 e. The number of rotatable bonds is 6. The van der Waals surface area contributed by atoms with Crippen LogP contribution in [0.25, 0.3) is 11.4 Å². The molecule has 1 aromatic carbocycles. The molecule has 4 rings (SSSR count). The van der Waals surface area contributed by atoms with Crippen molar-refractivity contribution in [2.24, 2.45) is 0 Å². The highest BCUT2D eigenvalue weighted by molar-refractivity contribution is 5.92. The molecule has 0 aliphatic carbocycles. The number of ether oxygens (including phenoxy) is 1. The first-order chi connectivity index (χ1) is 13.7. The maximum absolute atomic E-state index is 12.3. The van der Waals surface area contributed by atoms with Gasteiger partial charge in [-0.3, -0.25) is 9.89 Å². The lowest BCUT2D eigenvalue weighted by Crippen LogP contribution is -2.25. The van der Waals surface area contributed by atoms with Crippen molar-refractivity contribution in [3.63, 3.8) is 0 Å². The average Bonchev–Trinajstić information content (AvgIpc) is 3.44. The van der Waals surface area contributed by atoms with Crippen LogP contribution in [0, 0.1) is 0 Å². The van der Waals surface area contributed by atoms with Crippen molar-refractivity contribution in [3.8, 4) is 17.1 Å². The zero-order valence-electron chi connectivity index (χ0n) is 15.6. The Bertz CT molecular complexity index is 932. The Morgan fingerprint density at radius 1 is 1.14 bits per heavy atom. The van der Waals surface area contributed by atoms with Crippen molar-refractivity contribution < 1.29 is 9.53 Å². The number of hydrogen-bond acceptors (Lipinski definition) is 7. The van der Waals surface area contributed by atoms with E-state index in [2.05, 4.69) is 35.6 Å². The summed E-state index contributed by atoms with van der Waals surface area (Å²) in [7, 11) is 1.62. The zero-order chi connectivity index (χ0) is 19.3. The summed E-state index contributed by atoms with van der Waals surface area (Å²) in [4.78, 5) is 18.9. The summed E-state index contributed by atoms with van der Waals surface area (Å²) in [6.07, 6.45) is 2.33. The fourth-order valence-electron chi connectivity index (χ4n) is 3.06. The van der Waals surface area contributed by atoms with Gasteiger partial charge in [-0.2, -0.15) is 5.10 Å². The van der Waals surface area contributed by atoms with E-state index in [9.17, 15) is 4.79 Å². The SMILES string of the molecule is COc1ccc(-c2n[nH]c(CNC(=O)c3ccc(N4CCCC4)nn3)n2)cc1. The lowest BCUT2D eigenvalue weighted by atomic mass is 10.2. The van der Waals surface area contributed by atoms with E-state index in [4.69, 9.17) is 4.74 Å². The van der Waals surface area contributed by atoms with Crippen LogP contribution >= 0.6 is 0 Å².